The Morgan fingerprint density at radius 1 is 0.822 bits per heavy atom. The molecule has 45 heavy (non-hydrogen) atoms. The minimum absolute atomic E-state index is 0.00227. The summed E-state index contributed by atoms with van der Waals surface area (Å²) in [6, 6.07) is 21.9. The first kappa shape index (κ1) is 37.3. The molecule has 0 saturated carbocycles. The minimum atomic E-state index is -2.42. The van der Waals surface area contributed by atoms with Crippen LogP contribution in [0.4, 0.5) is 0 Å². The average Bonchev–Trinajstić information content (AvgIpc) is 3.05. The number of unbranched alkanes of at least 4 members (excludes halogenated alkanes) is 9. The fraction of sp³-hybridized carbons (Fsp3) is 0.610. The van der Waals surface area contributed by atoms with Crippen LogP contribution in [0.15, 0.2) is 72.8 Å². The molecule has 3 nitrogen and oxygen atoms in total. The van der Waals surface area contributed by atoms with Gasteiger partial charge in [0.1, 0.15) is 0 Å². The summed E-state index contributed by atoms with van der Waals surface area (Å²) in [4.78, 5) is 0. The van der Waals surface area contributed by atoms with E-state index in [1.807, 2.05) is 0 Å². The van der Waals surface area contributed by atoms with E-state index in [4.69, 9.17) is 13.9 Å². The molecular formula is C41H62O3Si. The number of hydrogen-bond acceptors (Lipinski definition) is 3. The lowest BCUT2D eigenvalue weighted by molar-refractivity contribution is -0.179. The first-order chi connectivity index (χ1) is 22.0. The largest absolute Gasteiger partial charge is 0.407 e. The molecule has 1 aliphatic rings. The zero-order chi connectivity index (χ0) is 32.1. The van der Waals surface area contributed by atoms with Gasteiger partial charge in [-0.2, -0.15) is 0 Å². The van der Waals surface area contributed by atoms with Crippen molar-refractivity contribution in [3.05, 3.63) is 72.8 Å². The van der Waals surface area contributed by atoms with E-state index in [9.17, 15) is 0 Å². The minimum Gasteiger partial charge on any atom is -0.407 e. The molecule has 4 heteroatoms. The van der Waals surface area contributed by atoms with Gasteiger partial charge < -0.3 is 13.9 Å². The van der Waals surface area contributed by atoms with Crippen LogP contribution in [0.5, 0.6) is 0 Å². The summed E-state index contributed by atoms with van der Waals surface area (Å²) in [6.45, 7) is 10.9. The molecule has 0 aromatic heterocycles. The van der Waals surface area contributed by atoms with Crippen LogP contribution in [0, 0.1) is 11.8 Å². The highest BCUT2D eigenvalue weighted by molar-refractivity contribution is 6.99. The van der Waals surface area contributed by atoms with E-state index in [-0.39, 0.29) is 17.4 Å². The normalized spacial score (nSPS) is 16.4. The van der Waals surface area contributed by atoms with E-state index >= 15 is 0 Å². The van der Waals surface area contributed by atoms with E-state index in [2.05, 4.69) is 112 Å². The van der Waals surface area contributed by atoms with Gasteiger partial charge in [-0.25, -0.2) is 0 Å². The Balaban J connectivity index is 1.27. The van der Waals surface area contributed by atoms with Gasteiger partial charge >= 0.3 is 0 Å². The van der Waals surface area contributed by atoms with Crippen molar-refractivity contribution in [3.63, 3.8) is 0 Å². The molecule has 2 aromatic rings. The Morgan fingerprint density at radius 2 is 1.44 bits per heavy atom. The molecule has 248 valence electrons. The van der Waals surface area contributed by atoms with Crippen molar-refractivity contribution < 1.29 is 13.9 Å². The Kier molecular flexibility index (Phi) is 17.9. The molecule has 1 unspecified atom stereocenters. The predicted octanol–water partition coefficient (Wildman–Crippen LogP) is 10.1. The first-order valence-corrected chi connectivity index (χ1v) is 20.0. The van der Waals surface area contributed by atoms with E-state index in [1.54, 1.807) is 0 Å². The summed E-state index contributed by atoms with van der Waals surface area (Å²) in [6.07, 6.45) is 23.5. The van der Waals surface area contributed by atoms with Gasteiger partial charge in [0.2, 0.25) is 0 Å². The van der Waals surface area contributed by atoms with Gasteiger partial charge in [0.05, 0.1) is 6.10 Å². The van der Waals surface area contributed by atoms with Gasteiger partial charge in [0.25, 0.3) is 8.32 Å². The SMILES string of the molecule is CCCC[C@H](/C=C\CCCCCCCC#CCCCCO[Si](c1ccccc1)(c1ccccc1)C(C)(C)C)OC1CCCCO1. The highest BCUT2D eigenvalue weighted by Crippen LogP contribution is 2.36. The van der Waals surface area contributed by atoms with E-state index in [0.717, 1.165) is 58.2 Å². The third kappa shape index (κ3) is 13.2. The molecule has 1 saturated heterocycles. The second-order valence-electron chi connectivity index (χ2n) is 13.7. The summed E-state index contributed by atoms with van der Waals surface area (Å²) in [7, 11) is -2.42. The molecule has 0 radical (unpaired) electrons. The Labute approximate surface area is 277 Å². The van der Waals surface area contributed by atoms with Gasteiger partial charge in [0, 0.05) is 26.1 Å². The van der Waals surface area contributed by atoms with Gasteiger partial charge in [-0.1, -0.05) is 133 Å². The van der Waals surface area contributed by atoms with Gasteiger partial charge in [0.15, 0.2) is 6.29 Å². The van der Waals surface area contributed by atoms with Crippen LogP contribution in [0.1, 0.15) is 130 Å². The standard InChI is InChI=1S/C41H62O3Si/c1-5-6-28-37(44-40-34-25-27-35-42-40)29-20-16-14-12-10-8-7-9-11-13-15-17-26-36-43-45(41(2,3)4,38-30-21-18-22-31-38)39-32-23-19-24-33-39/h18-24,29-33,37,40H,5-10,12,14-17,25-28,34-36H2,1-4H3/b29-20-/t37-,40?/m1/s1. The molecule has 0 bridgehead atoms. The van der Waals surface area contributed by atoms with Crippen LogP contribution in [-0.2, 0) is 13.9 Å². The van der Waals surface area contributed by atoms with Crippen LogP contribution >= 0.6 is 0 Å². The molecule has 0 spiro atoms. The Hall–Kier alpha value is -2.16. The summed E-state index contributed by atoms with van der Waals surface area (Å²) in [5.41, 5.74) is 0. The Bertz CT molecular complexity index is 1070. The van der Waals surface area contributed by atoms with Crippen molar-refractivity contribution in [1.29, 1.82) is 0 Å². The van der Waals surface area contributed by atoms with Crippen LogP contribution in [0.2, 0.25) is 5.04 Å². The van der Waals surface area contributed by atoms with Crippen molar-refractivity contribution in [2.75, 3.05) is 13.2 Å². The summed E-state index contributed by atoms with van der Waals surface area (Å²) >= 11 is 0. The lowest BCUT2D eigenvalue weighted by Crippen LogP contribution is -2.66. The molecule has 1 heterocycles. The number of benzene rings is 2. The molecule has 0 amide bonds. The third-order valence-corrected chi connectivity index (χ3v) is 13.9. The lowest BCUT2D eigenvalue weighted by atomic mass is 10.1. The van der Waals surface area contributed by atoms with Crippen molar-refractivity contribution >= 4 is 18.7 Å². The zero-order valence-electron chi connectivity index (χ0n) is 29.0. The highest BCUT2D eigenvalue weighted by atomic mass is 28.4. The maximum absolute atomic E-state index is 7.01. The lowest BCUT2D eigenvalue weighted by Gasteiger charge is -2.43. The van der Waals surface area contributed by atoms with Crippen LogP contribution in [-0.4, -0.2) is 33.9 Å². The van der Waals surface area contributed by atoms with Gasteiger partial charge in [-0.3, -0.25) is 0 Å². The van der Waals surface area contributed by atoms with Crippen molar-refractivity contribution in [2.45, 2.75) is 148 Å². The molecule has 1 fully saturated rings. The summed E-state index contributed by atoms with van der Waals surface area (Å²) in [5, 5.41) is 2.74. The second-order valence-corrected chi connectivity index (χ2v) is 18.0. The zero-order valence-corrected chi connectivity index (χ0v) is 30.0. The fourth-order valence-corrected chi connectivity index (χ4v) is 11.0. The third-order valence-electron chi connectivity index (χ3n) is 8.89. The van der Waals surface area contributed by atoms with E-state index in [1.165, 1.54) is 68.2 Å². The summed E-state index contributed by atoms with van der Waals surface area (Å²) in [5.74, 6) is 6.85. The molecule has 2 atom stereocenters. The van der Waals surface area contributed by atoms with Crippen molar-refractivity contribution in [2.24, 2.45) is 0 Å². The van der Waals surface area contributed by atoms with Crippen LogP contribution in [0.25, 0.3) is 0 Å². The maximum atomic E-state index is 7.01. The second kappa shape index (κ2) is 21.6. The smallest absolute Gasteiger partial charge is 0.261 e. The van der Waals surface area contributed by atoms with E-state index < -0.39 is 8.32 Å². The fourth-order valence-electron chi connectivity index (χ4n) is 6.36. The quantitative estimate of drug-likeness (QED) is 0.0631. The predicted molar refractivity (Wildman–Crippen MR) is 195 cm³/mol. The molecule has 2 aromatic carbocycles. The van der Waals surface area contributed by atoms with Crippen LogP contribution in [0.3, 0.4) is 0 Å². The van der Waals surface area contributed by atoms with Crippen molar-refractivity contribution in [3.8, 4) is 11.8 Å². The molecule has 0 N–H and O–H groups in total. The molecule has 3 rings (SSSR count). The topological polar surface area (TPSA) is 27.7 Å². The number of ether oxygens (including phenoxy) is 2. The molecular weight excluding hydrogens is 569 g/mol. The maximum Gasteiger partial charge on any atom is 0.261 e. The number of allylic oxidation sites excluding steroid dienone is 1. The van der Waals surface area contributed by atoms with Crippen molar-refractivity contribution in [1.82, 2.24) is 0 Å². The number of rotatable bonds is 20. The molecule has 0 aliphatic carbocycles. The van der Waals surface area contributed by atoms with Gasteiger partial charge in [-0.15, -0.1) is 11.8 Å². The van der Waals surface area contributed by atoms with Gasteiger partial charge in [-0.05, 0) is 73.2 Å². The first-order valence-electron chi connectivity index (χ1n) is 18.1. The Morgan fingerprint density at radius 3 is 2.04 bits per heavy atom. The summed E-state index contributed by atoms with van der Waals surface area (Å²) < 4.78 is 19.0. The monoisotopic (exact) mass is 630 g/mol. The average molecular weight is 631 g/mol. The highest BCUT2D eigenvalue weighted by Gasteiger charge is 2.49. The van der Waals surface area contributed by atoms with Crippen LogP contribution < -0.4 is 10.4 Å². The molecule has 1 aliphatic heterocycles. The van der Waals surface area contributed by atoms with E-state index in [0.29, 0.717) is 0 Å². The number of hydrogen-bond donors (Lipinski definition) is 0.